The summed E-state index contributed by atoms with van der Waals surface area (Å²) in [6.45, 7) is 0. The number of ether oxygens (including phenoxy) is 2. The van der Waals surface area contributed by atoms with Crippen molar-refractivity contribution < 1.29 is 47.8 Å². The van der Waals surface area contributed by atoms with Crippen molar-refractivity contribution in [3.63, 3.8) is 0 Å². The van der Waals surface area contributed by atoms with Gasteiger partial charge in [-0.3, -0.25) is 0 Å². The number of Topliss-reactive ketones (excluding diaryl/α,β-unsaturated/α-hetero) is 8. The van der Waals surface area contributed by atoms with Gasteiger partial charge in [0.05, 0.1) is 0 Å². The molecule has 4 aromatic heterocycles. The molecule has 26 rings (SSSR count). The fraction of sp³-hybridized carbons (Fsp3) is 0. The first-order valence-corrected chi connectivity index (χ1v) is 53.2. The van der Waals surface area contributed by atoms with Gasteiger partial charge >= 0.3 is 813 Å². The van der Waals surface area contributed by atoms with Gasteiger partial charge in [-0.2, -0.15) is 0 Å². The van der Waals surface area contributed by atoms with Gasteiger partial charge in [0.25, 0.3) is 0 Å². The summed E-state index contributed by atoms with van der Waals surface area (Å²) >= 11 is 0.377. The molecule has 0 saturated heterocycles. The summed E-state index contributed by atoms with van der Waals surface area (Å²) in [4.78, 5) is 118. The van der Waals surface area contributed by atoms with Gasteiger partial charge in [0.15, 0.2) is 0 Å². The number of anilines is 12. The molecule has 18 aromatic rings. The van der Waals surface area contributed by atoms with Gasteiger partial charge in [-0.15, -0.1) is 0 Å². The monoisotopic (exact) mass is 2210 g/mol. The normalized spacial score (nSPS) is 14.1. The van der Waals surface area contributed by atoms with Crippen LogP contribution in [0.4, 0.5) is 60.3 Å². The molecule has 132 heavy (non-hydrogen) atoms. The van der Waals surface area contributed by atoms with Crippen LogP contribution in [0, 0.1) is 0 Å². The molecule has 14 aromatic carbocycles. The van der Waals surface area contributed by atoms with Crippen LogP contribution in [0.5, 0.6) is 23.0 Å². The summed E-state index contributed by atoms with van der Waals surface area (Å²) in [5.74, 6) is 1.90. The number of hydrogen-bond donors (Lipinski definition) is 0. The quantitative estimate of drug-likeness (QED) is 0.0799. The Kier molecular flexibility index (Phi) is 21.8. The van der Waals surface area contributed by atoms with Crippen molar-refractivity contribution in [1.29, 1.82) is 0 Å². The first kappa shape index (κ1) is 82.9. The average molecular weight is 2200 g/mol. The molecule has 628 valence electrons. The number of fused-ring (bicyclic) bond motifs is 14. The standard InChI is InChI=1S/C30H17NO3Te.C30H17NO2STe.C26H15NO3Te.C26H15NO2STe/c2*32-29-21-15-18-7-1-2-8-19(18)16-22(21)30(33)23(29)17-20-13-14-28(35-20)31-24-9-3-5-11-26(24)34-27-12-6-4-10-25(27)31;2*28-25-17-7-1-2-8-18(17)26(29)19(25)15-16-13-14-24(31-16)27-20-9-3-5-11-22(20)30-23-12-6-4-10-21(23)27/h2*1-17H;2*1-15H. The molecule has 8 aliphatic rings. The van der Waals surface area contributed by atoms with E-state index >= 15 is 0 Å². The minimum atomic E-state index is -0.843. The Morgan fingerprint density at radius 3 is 0.629 bits per heavy atom. The van der Waals surface area contributed by atoms with Crippen LogP contribution in [0.25, 0.3) is 45.8 Å². The maximum absolute atomic E-state index is 13.2. The van der Waals surface area contributed by atoms with Gasteiger partial charge in [0, 0.05) is 0 Å². The summed E-state index contributed by atoms with van der Waals surface area (Å²) in [5, 5.41) is 3.89. The number of benzene rings is 14. The first-order chi connectivity index (χ1) is 64.7. The van der Waals surface area contributed by atoms with Gasteiger partial charge in [-0.05, 0) is 0 Å². The Morgan fingerprint density at radius 1 is 0.197 bits per heavy atom. The summed E-state index contributed by atoms with van der Waals surface area (Å²) in [6, 6.07) is 120. The second-order valence-corrected chi connectivity index (χ2v) is 46.3. The third-order valence-corrected chi connectivity index (χ3v) is 37.6. The summed E-state index contributed by atoms with van der Waals surface area (Å²) in [7, 11) is 0. The Labute approximate surface area is 804 Å². The third-order valence-electron chi connectivity index (χ3n) is 23.7. The van der Waals surface area contributed by atoms with E-state index in [1.165, 1.54) is 57.1 Å². The maximum atomic E-state index is 13.2. The first-order valence-electron chi connectivity index (χ1n) is 42.3. The molecular formula is C112H64N4O10S2Te4. The van der Waals surface area contributed by atoms with E-state index < -0.39 is 81.7 Å². The number of para-hydroxylation sites is 12. The van der Waals surface area contributed by atoms with Gasteiger partial charge in [-0.25, -0.2) is 0 Å². The zero-order valence-electron chi connectivity index (χ0n) is 69.3. The fourth-order valence-electron chi connectivity index (χ4n) is 17.6. The van der Waals surface area contributed by atoms with Gasteiger partial charge < -0.3 is 0 Å². The van der Waals surface area contributed by atoms with Crippen molar-refractivity contribution in [3.05, 3.63) is 445 Å². The van der Waals surface area contributed by atoms with Crippen molar-refractivity contribution in [1.82, 2.24) is 0 Å². The van der Waals surface area contributed by atoms with Crippen LogP contribution in [-0.4, -0.2) is 128 Å². The Bertz CT molecular complexity index is 7340. The Balaban J connectivity index is 0.0000001000. The second kappa shape index (κ2) is 34.7. The van der Waals surface area contributed by atoms with E-state index in [0.717, 1.165) is 81.6 Å². The molecule has 14 nitrogen and oxygen atoms in total. The zero-order valence-corrected chi connectivity index (χ0v) is 80.2. The Morgan fingerprint density at radius 2 is 0.386 bits per heavy atom. The van der Waals surface area contributed by atoms with Crippen molar-refractivity contribution in [2.24, 2.45) is 0 Å². The van der Waals surface area contributed by atoms with Crippen LogP contribution in [0.1, 0.15) is 97.2 Å². The van der Waals surface area contributed by atoms with E-state index in [-0.39, 0.29) is 63.0 Å². The fourth-order valence-corrected chi connectivity index (χ4v) is 30.9. The molecule has 20 heteroatoms. The van der Waals surface area contributed by atoms with E-state index in [2.05, 4.69) is 177 Å². The number of ketones is 8. The van der Waals surface area contributed by atoms with E-state index in [0.29, 0.717) is 50.1 Å². The van der Waals surface area contributed by atoms with Crippen LogP contribution in [0.2, 0.25) is 0 Å². The molecule has 0 N–H and O–H groups in total. The molecular weight excluding hydrogens is 2140 g/mol. The van der Waals surface area contributed by atoms with E-state index in [9.17, 15) is 38.4 Å². The van der Waals surface area contributed by atoms with Crippen molar-refractivity contribution in [2.45, 2.75) is 19.6 Å². The van der Waals surface area contributed by atoms with Crippen LogP contribution < -0.4 is 29.1 Å². The number of carbonyl (C=O) groups is 8. The molecule has 0 radical (unpaired) electrons. The molecule has 0 atom stereocenters. The summed E-state index contributed by atoms with van der Waals surface area (Å²) in [5.41, 5.74) is 13.9. The number of allylic oxidation sites excluding steroid dienone is 4. The Hall–Kier alpha value is -13.5. The summed E-state index contributed by atoms with van der Waals surface area (Å²) in [6.07, 6.45) is 7.29. The second-order valence-electron chi connectivity index (χ2n) is 31.6. The topological polar surface area (TPSA) is 168 Å². The van der Waals surface area contributed by atoms with Crippen molar-refractivity contribution >= 4 is 258 Å². The SMILES string of the molecule is O=C1C(=Cc2ccc(N3c4ccccc4Oc4ccccc43)[te]2)C(=O)c2cc3ccccc3cc21.O=C1C(=Cc2ccc(N3c4ccccc4Oc4ccccc43)[te]2)C(=O)c2ccccc21.O=C1C(=Cc2ccc(N3c4ccccc4Sc4ccccc43)[te]2)C(=O)c2cc3ccccc3cc21.O=C1C(=Cc2ccc(N3c4ccccc4Sc4ccccc43)[te]2)C(=O)c2ccccc21. The molecule has 0 unspecified atom stereocenters. The molecule has 8 heterocycles. The zero-order chi connectivity index (χ0) is 88.9. The third kappa shape index (κ3) is 14.9. The molecule has 0 saturated carbocycles. The van der Waals surface area contributed by atoms with Crippen LogP contribution >= 0.6 is 23.5 Å². The van der Waals surface area contributed by atoms with Crippen LogP contribution in [-0.2, 0) is 0 Å². The number of hydrogen-bond acceptors (Lipinski definition) is 16. The van der Waals surface area contributed by atoms with E-state index in [1.807, 2.05) is 176 Å². The number of nitrogens with zero attached hydrogens (tertiary/aromatic N) is 4. The predicted molar refractivity (Wildman–Crippen MR) is 528 cm³/mol. The molecule has 0 bridgehead atoms. The molecule has 4 aliphatic carbocycles. The summed E-state index contributed by atoms with van der Waals surface area (Å²) < 4.78 is 21.4. The van der Waals surface area contributed by atoms with Crippen LogP contribution in [0.15, 0.2) is 406 Å². The van der Waals surface area contributed by atoms with E-state index in [1.54, 1.807) is 78.1 Å². The number of rotatable bonds is 8. The van der Waals surface area contributed by atoms with Crippen LogP contribution in [0.3, 0.4) is 0 Å². The number of carbonyl (C=O) groups excluding carboxylic acids is 8. The van der Waals surface area contributed by atoms with Crippen molar-refractivity contribution in [3.8, 4) is 23.0 Å². The van der Waals surface area contributed by atoms with Gasteiger partial charge in [0.2, 0.25) is 0 Å². The molecule has 0 amide bonds. The van der Waals surface area contributed by atoms with E-state index in [4.69, 9.17) is 9.47 Å². The predicted octanol–water partition coefficient (Wildman–Crippen LogP) is 26.2. The molecule has 0 fully saturated rings. The molecule has 0 spiro atoms. The van der Waals surface area contributed by atoms with Gasteiger partial charge in [-0.1, -0.05) is 0 Å². The average Bonchev–Trinajstić information content (AvgIpc) is 1.59. The van der Waals surface area contributed by atoms with Gasteiger partial charge in [0.1, 0.15) is 0 Å². The molecule has 4 aliphatic heterocycles. The van der Waals surface area contributed by atoms with Crippen molar-refractivity contribution in [2.75, 3.05) is 19.6 Å². The minimum absolute atomic E-state index is 0.160.